The molecule has 5 heteroatoms. The number of aldehydes is 1. The summed E-state index contributed by atoms with van der Waals surface area (Å²) in [6, 6.07) is 11.2. The Labute approximate surface area is 123 Å². The van der Waals surface area contributed by atoms with E-state index in [0.29, 0.717) is 16.9 Å². The largest absolute Gasteiger partial charge is 0.422 e. The third kappa shape index (κ3) is 3.43. The molecule has 0 atom stereocenters. The van der Waals surface area contributed by atoms with Gasteiger partial charge in [0.2, 0.25) is 0 Å². The van der Waals surface area contributed by atoms with E-state index in [4.69, 9.17) is 16.3 Å². The smallest absolute Gasteiger partial charge is 0.343 e. The van der Waals surface area contributed by atoms with Crippen LogP contribution in [0.2, 0.25) is 5.02 Å². The van der Waals surface area contributed by atoms with E-state index in [0.717, 1.165) is 4.47 Å². The number of benzene rings is 2. The first-order chi connectivity index (χ1) is 9.10. The van der Waals surface area contributed by atoms with Crippen molar-refractivity contribution in [3.63, 3.8) is 0 Å². The van der Waals surface area contributed by atoms with Crippen LogP contribution < -0.4 is 4.74 Å². The molecule has 0 spiro atoms. The average Bonchev–Trinajstić information content (AvgIpc) is 2.41. The molecule has 0 heterocycles. The first kappa shape index (κ1) is 13.8. The first-order valence-corrected chi connectivity index (χ1v) is 6.50. The van der Waals surface area contributed by atoms with E-state index in [-0.39, 0.29) is 11.3 Å². The molecule has 0 N–H and O–H groups in total. The molecule has 2 aromatic carbocycles. The van der Waals surface area contributed by atoms with Gasteiger partial charge in [0.25, 0.3) is 0 Å². The van der Waals surface area contributed by atoms with Gasteiger partial charge in [0.05, 0.1) is 11.1 Å². The predicted octanol–water partition coefficient (Wildman–Crippen LogP) is 4.13. The zero-order valence-corrected chi connectivity index (χ0v) is 11.9. The molecule has 0 aliphatic carbocycles. The Hall–Kier alpha value is -1.65. The van der Waals surface area contributed by atoms with Crippen molar-refractivity contribution in [2.24, 2.45) is 0 Å². The summed E-state index contributed by atoms with van der Waals surface area (Å²) in [6.07, 6.45) is 0.593. The zero-order valence-electron chi connectivity index (χ0n) is 9.60. The minimum atomic E-state index is -0.530. The SMILES string of the molecule is O=Cc1cc(Cl)ccc1OC(=O)c1ccc(Br)cc1. The number of carbonyl (C=O) groups excluding carboxylic acids is 2. The van der Waals surface area contributed by atoms with Crippen molar-refractivity contribution in [2.45, 2.75) is 0 Å². The van der Waals surface area contributed by atoms with Crippen molar-refractivity contribution >= 4 is 39.8 Å². The lowest BCUT2D eigenvalue weighted by Gasteiger charge is -2.07. The highest BCUT2D eigenvalue weighted by Crippen LogP contribution is 2.22. The lowest BCUT2D eigenvalue weighted by molar-refractivity contribution is 0.0733. The van der Waals surface area contributed by atoms with Crippen LogP contribution >= 0.6 is 27.5 Å². The standard InChI is InChI=1S/C14H8BrClO3/c15-11-3-1-9(2-4-11)14(18)19-13-6-5-12(16)7-10(13)8-17/h1-8H. The quantitative estimate of drug-likeness (QED) is 0.480. The second kappa shape index (κ2) is 5.99. The molecule has 0 radical (unpaired) electrons. The molecule has 0 saturated carbocycles. The molecule has 0 aliphatic rings. The van der Waals surface area contributed by atoms with Gasteiger partial charge in [0.15, 0.2) is 6.29 Å². The van der Waals surface area contributed by atoms with Crippen molar-refractivity contribution in [1.82, 2.24) is 0 Å². The van der Waals surface area contributed by atoms with Crippen molar-refractivity contribution in [3.05, 3.63) is 63.1 Å². The topological polar surface area (TPSA) is 43.4 Å². The highest BCUT2D eigenvalue weighted by atomic mass is 79.9. The molecule has 2 aromatic rings. The normalized spacial score (nSPS) is 10.0. The minimum Gasteiger partial charge on any atom is -0.422 e. The number of rotatable bonds is 3. The Morgan fingerprint density at radius 3 is 2.47 bits per heavy atom. The Bertz CT molecular complexity index is 623. The van der Waals surface area contributed by atoms with E-state index < -0.39 is 5.97 Å². The van der Waals surface area contributed by atoms with Gasteiger partial charge in [-0.15, -0.1) is 0 Å². The Balaban J connectivity index is 2.23. The second-order valence-electron chi connectivity index (χ2n) is 3.70. The summed E-state index contributed by atoms with van der Waals surface area (Å²) in [6.45, 7) is 0. The molecule has 96 valence electrons. The number of esters is 1. The fraction of sp³-hybridized carbons (Fsp3) is 0. The molecule has 0 bridgehead atoms. The molecule has 19 heavy (non-hydrogen) atoms. The van der Waals surface area contributed by atoms with Crippen LogP contribution in [0.3, 0.4) is 0 Å². The number of hydrogen-bond acceptors (Lipinski definition) is 3. The summed E-state index contributed by atoms with van der Waals surface area (Å²) in [5.41, 5.74) is 0.632. The van der Waals surface area contributed by atoms with E-state index in [1.165, 1.54) is 12.1 Å². The van der Waals surface area contributed by atoms with E-state index >= 15 is 0 Å². The van der Waals surface area contributed by atoms with Crippen molar-refractivity contribution in [1.29, 1.82) is 0 Å². The van der Waals surface area contributed by atoms with Crippen molar-refractivity contribution < 1.29 is 14.3 Å². The Morgan fingerprint density at radius 2 is 1.84 bits per heavy atom. The summed E-state index contributed by atoms with van der Waals surface area (Å²) in [5, 5.41) is 0.408. The molecule has 0 amide bonds. The molecule has 2 rings (SSSR count). The highest BCUT2D eigenvalue weighted by molar-refractivity contribution is 9.10. The second-order valence-corrected chi connectivity index (χ2v) is 5.05. The molecule has 3 nitrogen and oxygen atoms in total. The lowest BCUT2D eigenvalue weighted by Crippen LogP contribution is -2.09. The van der Waals surface area contributed by atoms with E-state index in [1.807, 2.05) is 0 Å². The van der Waals surface area contributed by atoms with Gasteiger partial charge in [0, 0.05) is 9.50 Å². The number of ether oxygens (including phenoxy) is 1. The van der Waals surface area contributed by atoms with Crippen LogP contribution in [0.15, 0.2) is 46.9 Å². The lowest BCUT2D eigenvalue weighted by atomic mass is 10.2. The number of halogens is 2. The monoisotopic (exact) mass is 338 g/mol. The van der Waals surface area contributed by atoms with Crippen molar-refractivity contribution in [2.75, 3.05) is 0 Å². The highest BCUT2D eigenvalue weighted by Gasteiger charge is 2.11. The van der Waals surface area contributed by atoms with Gasteiger partial charge >= 0.3 is 5.97 Å². The van der Waals surface area contributed by atoms with E-state index in [2.05, 4.69) is 15.9 Å². The molecule has 0 aromatic heterocycles. The fourth-order valence-corrected chi connectivity index (χ4v) is 1.89. The van der Waals surface area contributed by atoms with E-state index in [9.17, 15) is 9.59 Å². The van der Waals surface area contributed by atoms with Crippen molar-refractivity contribution in [3.8, 4) is 5.75 Å². The molecule has 0 saturated heterocycles. The van der Waals surface area contributed by atoms with Gasteiger partial charge in [-0.2, -0.15) is 0 Å². The Kier molecular flexibility index (Phi) is 4.35. The third-order valence-corrected chi connectivity index (χ3v) is 3.15. The Morgan fingerprint density at radius 1 is 1.16 bits per heavy atom. The molecular formula is C14H8BrClO3. The van der Waals surface area contributed by atoms with Gasteiger partial charge in [0.1, 0.15) is 5.75 Å². The summed E-state index contributed by atoms with van der Waals surface area (Å²) < 4.78 is 6.04. The third-order valence-electron chi connectivity index (χ3n) is 2.38. The van der Waals surface area contributed by atoms with Crippen LogP contribution in [0, 0.1) is 0 Å². The summed E-state index contributed by atoms with van der Waals surface area (Å²) in [5.74, 6) is -0.342. The van der Waals surface area contributed by atoms with Gasteiger partial charge in [-0.1, -0.05) is 27.5 Å². The number of hydrogen-bond donors (Lipinski definition) is 0. The van der Waals surface area contributed by atoms with E-state index in [1.54, 1.807) is 30.3 Å². The van der Waals surface area contributed by atoms with Crippen LogP contribution in [0.4, 0.5) is 0 Å². The van der Waals surface area contributed by atoms with Gasteiger partial charge in [-0.05, 0) is 42.5 Å². The van der Waals surface area contributed by atoms with Gasteiger partial charge < -0.3 is 4.74 Å². The minimum absolute atomic E-state index is 0.187. The van der Waals surface area contributed by atoms with Gasteiger partial charge in [-0.3, -0.25) is 4.79 Å². The maximum absolute atomic E-state index is 11.9. The maximum atomic E-state index is 11.9. The van der Waals surface area contributed by atoms with Crippen LogP contribution in [0.25, 0.3) is 0 Å². The fourth-order valence-electron chi connectivity index (χ4n) is 1.45. The summed E-state index contributed by atoms with van der Waals surface area (Å²) >= 11 is 9.04. The molecule has 0 fully saturated rings. The van der Waals surface area contributed by atoms with Crippen LogP contribution in [-0.2, 0) is 0 Å². The number of carbonyl (C=O) groups is 2. The van der Waals surface area contributed by atoms with Crippen LogP contribution in [-0.4, -0.2) is 12.3 Å². The summed E-state index contributed by atoms with van der Waals surface area (Å²) in [7, 11) is 0. The van der Waals surface area contributed by atoms with Crippen LogP contribution in [0.1, 0.15) is 20.7 Å². The molecule has 0 aliphatic heterocycles. The predicted molar refractivity (Wildman–Crippen MR) is 75.9 cm³/mol. The molecular weight excluding hydrogens is 332 g/mol. The van der Waals surface area contributed by atoms with Crippen LogP contribution in [0.5, 0.6) is 5.75 Å². The zero-order chi connectivity index (χ0) is 13.8. The maximum Gasteiger partial charge on any atom is 0.343 e. The summed E-state index contributed by atoms with van der Waals surface area (Å²) in [4.78, 5) is 22.8. The van der Waals surface area contributed by atoms with Gasteiger partial charge in [-0.25, -0.2) is 4.79 Å². The average molecular weight is 340 g/mol. The first-order valence-electron chi connectivity index (χ1n) is 5.32. The molecule has 0 unspecified atom stereocenters.